The summed E-state index contributed by atoms with van der Waals surface area (Å²) in [6.45, 7) is 0. The monoisotopic (exact) mass is 334 g/mol. The van der Waals surface area contributed by atoms with Gasteiger partial charge in [0.15, 0.2) is 0 Å². The molecule has 1 aromatic heterocycles. The van der Waals surface area contributed by atoms with Crippen molar-refractivity contribution in [2.24, 2.45) is 5.16 Å². The zero-order valence-electron chi connectivity index (χ0n) is 14.7. The largest absolute Gasteiger partial charge is 0.389 e. The molecule has 1 aliphatic carbocycles. The van der Waals surface area contributed by atoms with Gasteiger partial charge in [0, 0.05) is 12.6 Å². The van der Waals surface area contributed by atoms with E-state index in [1.165, 1.54) is 37.7 Å². The first-order valence-electron chi connectivity index (χ1n) is 9.56. The van der Waals surface area contributed by atoms with Crippen molar-refractivity contribution in [3.8, 4) is 0 Å². The van der Waals surface area contributed by atoms with Gasteiger partial charge in [0.2, 0.25) is 0 Å². The molecule has 1 saturated carbocycles. The zero-order valence-corrected chi connectivity index (χ0v) is 14.7. The molecule has 2 heterocycles. The molecule has 0 N–H and O–H groups in total. The molecule has 1 aromatic carbocycles. The summed E-state index contributed by atoms with van der Waals surface area (Å²) in [6.07, 6.45) is 11.2. The number of aromatic nitrogens is 1. The average Bonchev–Trinajstić information content (AvgIpc) is 3.13. The maximum absolute atomic E-state index is 6.07. The van der Waals surface area contributed by atoms with E-state index in [0.29, 0.717) is 5.92 Å². The van der Waals surface area contributed by atoms with Crippen LogP contribution in [0.15, 0.2) is 59.9 Å². The van der Waals surface area contributed by atoms with E-state index in [-0.39, 0.29) is 5.60 Å². The Morgan fingerprint density at radius 3 is 2.60 bits per heavy atom. The first-order chi connectivity index (χ1) is 12.3. The summed E-state index contributed by atoms with van der Waals surface area (Å²) in [6, 6.07) is 17.0. The van der Waals surface area contributed by atoms with Crippen LogP contribution in [0.3, 0.4) is 0 Å². The summed E-state index contributed by atoms with van der Waals surface area (Å²) in [5.41, 5.74) is 3.32. The molecule has 0 radical (unpaired) electrons. The lowest BCUT2D eigenvalue weighted by Crippen LogP contribution is -2.29. The highest BCUT2D eigenvalue weighted by Crippen LogP contribution is 2.40. The highest BCUT2D eigenvalue weighted by Gasteiger charge is 2.40. The first kappa shape index (κ1) is 16.3. The van der Waals surface area contributed by atoms with Crippen LogP contribution in [0.25, 0.3) is 0 Å². The van der Waals surface area contributed by atoms with Crippen molar-refractivity contribution < 1.29 is 4.84 Å². The van der Waals surface area contributed by atoms with Gasteiger partial charge in [0.1, 0.15) is 11.3 Å². The molecule has 1 spiro atoms. The number of benzene rings is 1. The topological polar surface area (TPSA) is 34.5 Å². The molecule has 25 heavy (non-hydrogen) atoms. The smallest absolute Gasteiger partial charge is 0.143 e. The number of oxime groups is 1. The second-order valence-electron chi connectivity index (χ2n) is 7.45. The highest BCUT2D eigenvalue weighted by atomic mass is 16.7. The lowest BCUT2D eigenvalue weighted by atomic mass is 9.83. The predicted octanol–water partition coefficient (Wildman–Crippen LogP) is 5.47. The predicted molar refractivity (Wildman–Crippen MR) is 101 cm³/mol. The molecule has 130 valence electrons. The number of hydrogen-bond acceptors (Lipinski definition) is 3. The van der Waals surface area contributed by atoms with Gasteiger partial charge in [0.05, 0.1) is 5.69 Å². The standard InChI is InChI=1S/C22H26N2O/c1-3-9-18(10-4-1)19-11-5-2-7-14-22(15-13-19)17-21(24-25-22)20-12-6-8-16-23-20/h1,3-4,6,8-10,12,16,19H,2,5,7,11,13-15,17H2. The molecular weight excluding hydrogens is 308 g/mol. The van der Waals surface area contributed by atoms with Crippen LogP contribution in [-0.2, 0) is 4.84 Å². The number of nitrogens with zero attached hydrogens (tertiary/aromatic N) is 2. The van der Waals surface area contributed by atoms with E-state index in [9.17, 15) is 0 Å². The van der Waals surface area contributed by atoms with E-state index >= 15 is 0 Å². The van der Waals surface area contributed by atoms with Gasteiger partial charge in [0.25, 0.3) is 0 Å². The third kappa shape index (κ3) is 3.76. The fourth-order valence-electron chi connectivity index (χ4n) is 4.24. The fraction of sp³-hybridized carbons (Fsp3) is 0.455. The van der Waals surface area contributed by atoms with Gasteiger partial charge in [-0.15, -0.1) is 0 Å². The zero-order chi connectivity index (χ0) is 17.0. The molecule has 3 heteroatoms. The van der Waals surface area contributed by atoms with Crippen LogP contribution in [0, 0.1) is 0 Å². The van der Waals surface area contributed by atoms with Crippen LogP contribution in [-0.4, -0.2) is 16.3 Å². The van der Waals surface area contributed by atoms with Crippen molar-refractivity contribution in [2.45, 2.75) is 62.9 Å². The summed E-state index contributed by atoms with van der Waals surface area (Å²) in [5, 5.41) is 4.44. The summed E-state index contributed by atoms with van der Waals surface area (Å²) in [4.78, 5) is 10.5. The maximum Gasteiger partial charge on any atom is 0.143 e. The third-order valence-electron chi connectivity index (χ3n) is 5.70. The first-order valence-corrected chi connectivity index (χ1v) is 9.56. The Morgan fingerprint density at radius 2 is 1.76 bits per heavy atom. The molecule has 2 aliphatic rings. The van der Waals surface area contributed by atoms with E-state index in [0.717, 1.165) is 30.7 Å². The fourth-order valence-corrected chi connectivity index (χ4v) is 4.24. The Morgan fingerprint density at radius 1 is 0.880 bits per heavy atom. The van der Waals surface area contributed by atoms with Crippen molar-refractivity contribution in [3.63, 3.8) is 0 Å². The Balaban J connectivity index is 1.49. The number of pyridine rings is 1. The van der Waals surface area contributed by atoms with Crippen molar-refractivity contribution in [3.05, 3.63) is 66.0 Å². The molecule has 1 aliphatic heterocycles. The second kappa shape index (κ2) is 7.38. The molecule has 3 nitrogen and oxygen atoms in total. The Kier molecular flexibility index (Phi) is 4.82. The molecule has 2 aromatic rings. The molecule has 1 fully saturated rings. The van der Waals surface area contributed by atoms with Gasteiger partial charge < -0.3 is 4.84 Å². The molecule has 2 unspecified atom stereocenters. The molecule has 4 rings (SSSR count). The highest BCUT2D eigenvalue weighted by molar-refractivity contribution is 5.99. The van der Waals surface area contributed by atoms with Crippen LogP contribution in [0.1, 0.15) is 68.5 Å². The van der Waals surface area contributed by atoms with Gasteiger partial charge in [-0.3, -0.25) is 4.98 Å². The molecule has 0 bridgehead atoms. The minimum absolute atomic E-state index is 0.121. The minimum atomic E-state index is -0.121. The summed E-state index contributed by atoms with van der Waals surface area (Å²) >= 11 is 0. The van der Waals surface area contributed by atoms with E-state index in [1.807, 2.05) is 24.4 Å². The van der Waals surface area contributed by atoms with E-state index < -0.39 is 0 Å². The van der Waals surface area contributed by atoms with Crippen LogP contribution in [0.4, 0.5) is 0 Å². The normalized spacial score (nSPS) is 27.0. The minimum Gasteiger partial charge on any atom is -0.389 e. The Hall–Kier alpha value is -2.16. The van der Waals surface area contributed by atoms with Gasteiger partial charge in [-0.05, 0) is 55.7 Å². The molecular formula is C22H26N2O. The van der Waals surface area contributed by atoms with Gasteiger partial charge in [-0.25, -0.2) is 0 Å². The molecule has 0 amide bonds. The van der Waals surface area contributed by atoms with Crippen molar-refractivity contribution in [1.82, 2.24) is 4.98 Å². The Bertz CT molecular complexity index is 713. The summed E-state index contributed by atoms with van der Waals surface area (Å²) in [5.74, 6) is 0.638. The average molecular weight is 334 g/mol. The summed E-state index contributed by atoms with van der Waals surface area (Å²) < 4.78 is 0. The second-order valence-corrected chi connectivity index (χ2v) is 7.45. The van der Waals surface area contributed by atoms with Crippen LogP contribution in [0.2, 0.25) is 0 Å². The van der Waals surface area contributed by atoms with E-state index in [1.54, 1.807) is 0 Å². The third-order valence-corrected chi connectivity index (χ3v) is 5.70. The van der Waals surface area contributed by atoms with Crippen LogP contribution in [0.5, 0.6) is 0 Å². The lowest BCUT2D eigenvalue weighted by Gasteiger charge is -2.27. The quantitative estimate of drug-likeness (QED) is 0.729. The van der Waals surface area contributed by atoms with Gasteiger partial charge >= 0.3 is 0 Å². The van der Waals surface area contributed by atoms with Gasteiger partial charge in [-0.2, -0.15) is 0 Å². The Labute approximate surface area is 150 Å². The number of hydrogen-bond donors (Lipinski definition) is 0. The van der Waals surface area contributed by atoms with Crippen LogP contribution >= 0.6 is 0 Å². The van der Waals surface area contributed by atoms with Gasteiger partial charge in [-0.1, -0.05) is 54.4 Å². The lowest BCUT2D eigenvalue weighted by molar-refractivity contribution is -0.0345. The molecule has 2 atom stereocenters. The van der Waals surface area contributed by atoms with E-state index in [2.05, 4.69) is 40.5 Å². The van der Waals surface area contributed by atoms with E-state index in [4.69, 9.17) is 4.84 Å². The van der Waals surface area contributed by atoms with Crippen molar-refractivity contribution >= 4 is 5.71 Å². The molecule has 0 saturated heterocycles. The van der Waals surface area contributed by atoms with Crippen molar-refractivity contribution in [1.29, 1.82) is 0 Å². The number of rotatable bonds is 2. The maximum atomic E-state index is 6.07. The van der Waals surface area contributed by atoms with Crippen LogP contribution < -0.4 is 0 Å². The van der Waals surface area contributed by atoms with Crippen molar-refractivity contribution in [2.75, 3.05) is 0 Å². The SMILES string of the molecule is c1ccc(C2CCCCCC3(CC2)CC(c2ccccn2)=NO3)cc1. The summed E-state index contributed by atoms with van der Waals surface area (Å²) in [7, 11) is 0.